The van der Waals surface area contributed by atoms with Crippen LogP contribution in [0.5, 0.6) is 5.75 Å². The Bertz CT molecular complexity index is 655. The molecule has 2 aromatic carbocycles. The van der Waals surface area contributed by atoms with Crippen molar-refractivity contribution in [3.8, 4) is 5.75 Å². The first kappa shape index (κ1) is 14.1. The minimum atomic E-state index is -0.428. The van der Waals surface area contributed by atoms with Crippen molar-refractivity contribution < 1.29 is 14.3 Å². The van der Waals surface area contributed by atoms with E-state index in [0.717, 1.165) is 0 Å². The van der Waals surface area contributed by atoms with Gasteiger partial charge in [-0.05, 0) is 30.3 Å². The predicted octanol–water partition coefficient (Wildman–Crippen LogP) is 3.15. The average molecular weight is 287 g/mol. The molecule has 0 spiro atoms. The van der Waals surface area contributed by atoms with E-state index in [4.69, 9.17) is 4.74 Å². The summed E-state index contributed by atoms with van der Waals surface area (Å²) in [6, 6.07) is 13.6. The Balaban J connectivity index is 2.17. The minimum absolute atomic E-state index is 0.291. The van der Waals surface area contributed by atoms with Crippen LogP contribution in [0.4, 0.5) is 5.69 Å². The summed E-state index contributed by atoms with van der Waals surface area (Å²) in [6.45, 7) is 1.31. The van der Waals surface area contributed by atoms with Gasteiger partial charge in [0, 0.05) is 17.4 Å². The molecule has 4 nitrogen and oxygen atoms in total. The Morgan fingerprint density at radius 2 is 1.85 bits per heavy atom. The molecule has 0 saturated heterocycles. The standard InChI is InChI=1S/C15H13NO3S/c1-10(17)19-12-6-4-5-11(9-12)15(18)16-13-7-2-3-8-14(13)20/h2-9,20H,1H3,(H,16,18). The molecule has 0 aromatic heterocycles. The highest BCUT2D eigenvalue weighted by Crippen LogP contribution is 2.20. The lowest BCUT2D eigenvalue weighted by Crippen LogP contribution is -2.12. The first-order valence-electron chi connectivity index (χ1n) is 5.94. The summed E-state index contributed by atoms with van der Waals surface area (Å²) in [5.74, 6) is -0.381. The van der Waals surface area contributed by atoms with Crippen molar-refractivity contribution in [1.82, 2.24) is 0 Å². The van der Waals surface area contributed by atoms with Gasteiger partial charge in [0.1, 0.15) is 5.75 Å². The third kappa shape index (κ3) is 3.61. The molecule has 0 radical (unpaired) electrons. The summed E-state index contributed by atoms with van der Waals surface area (Å²) in [4.78, 5) is 23.7. The van der Waals surface area contributed by atoms with Gasteiger partial charge in [0.15, 0.2) is 0 Å². The van der Waals surface area contributed by atoms with Crippen LogP contribution in [0.3, 0.4) is 0 Å². The zero-order chi connectivity index (χ0) is 14.5. The number of rotatable bonds is 3. The van der Waals surface area contributed by atoms with E-state index in [1.54, 1.807) is 30.3 Å². The molecule has 1 amide bonds. The molecule has 102 valence electrons. The van der Waals surface area contributed by atoms with Crippen LogP contribution in [0.15, 0.2) is 53.4 Å². The van der Waals surface area contributed by atoms with Crippen molar-refractivity contribution in [3.05, 3.63) is 54.1 Å². The van der Waals surface area contributed by atoms with Gasteiger partial charge in [-0.25, -0.2) is 0 Å². The fraction of sp³-hybridized carbons (Fsp3) is 0.0667. The maximum Gasteiger partial charge on any atom is 0.308 e. The van der Waals surface area contributed by atoms with Gasteiger partial charge in [0.05, 0.1) is 5.69 Å². The number of nitrogens with one attached hydrogen (secondary N) is 1. The molecule has 5 heteroatoms. The third-order valence-electron chi connectivity index (χ3n) is 2.51. The summed E-state index contributed by atoms with van der Waals surface area (Å²) in [5, 5.41) is 2.75. The Kier molecular flexibility index (Phi) is 4.42. The van der Waals surface area contributed by atoms with E-state index in [1.165, 1.54) is 13.0 Å². The SMILES string of the molecule is CC(=O)Oc1cccc(C(=O)Nc2ccccc2S)c1. The number of carbonyl (C=O) groups is 2. The predicted molar refractivity (Wildman–Crippen MR) is 79.4 cm³/mol. The zero-order valence-electron chi connectivity index (χ0n) is 10.8. The highest BCUT2D eigenvalue weighted by atomic mass is 32.1. The number of thiol groups is 1. The van der Waals surface area contributed by atoms with Crippen LogP contribution < -0.4 is 10.1 Å². The number of esters is 1. The lowest BCUT2D eigenvalue weighted by atomic mass is 10.2. The first-order valence-corrected chi connectivity index (χ1v) is 6.39. The Morgan fingerprint density at radius 1 is 1.10 bits per heavy atom. The second-order valence-corrected chi connectivity index (χ2v) is 4.57. The monoisotopic (exact) mass is 287 g/mol. The summed E-state index contributed by atoms with van der Waals surface area (Å²) in [6.07, 6.45) is 0. The molecule has 2 rings (SSSR count). The maximum absolute atomic E-state index is 12.1. The van der Waals surface area contributed by atoms with Gasteiger partial charge >= 0.3 is 5.97 Å². The fourth-order valence-corrected chi connectivity index (χ4v) is 1.86. The van der Waals surface area contributed by atoms with Gasteiger partial charge in [0.25, 0.3) is 5.91 Å². The minimum Gasteiger partial charge on any atom is -0.427 e. The maximum atomic E-state index is 12.1. The summed E-state index contributed by atoms with van der Waals surface area (Å²) >= 11 is 4.27. The number of carbonyl (C=O) groups excluding carboxylic acids is 2. The van der Waals surface area contributed by atoms with Gasteiger partial charge in [-0.1, -0.05) is 18.2 Å². The van der Waals surface area contributed by atoms with E-state index in [1.807, 2.05) is 12.1 Å². The van der Waals surface area contributed by atoms with Gasteiger partial charge < -0.3 is 10.1 Å². The number of amides is 1. The number of hydrogen-bond donors (Lipinski definition) is 2. The van der Waals surface area contributed by atoms with Crippen LogP contribution in [0, 0.1) is 0 Å². The Morgan fingerprint density at radius 3 is 2.55 bits per heavy atom. The molecular weight excluding hydrogens is 274 g/mol. The van der Waals surface area contributed by atoms with E-state index in [0.29, 0.717) is 21.9 Å². The van der Waals surface area contributed by atoms with Crippen LogP contribution in [0.1, 0.15) is 17.3 Å². The van der Waals surface area contributed by atoms with Crippen LogP contribution in [-0.2, 0) is 4.79 Å². The second-order valence-electron chi connectivity index (χ2n) is 4.09. The van der Waals surface area contributed by atoms with E-state index in [2.05, 4.69) is 17.9 Å². The molecule has 0 aliphatic heterocycles. The van der Waals surface area contributed by atoms with Crippen LogP contribution in [0.2, 0.25) is 0 Å². The van der Waals surface area contributed by atoms with Crippen molar-refractivity contribution in [2.45, 2.75) is 11.8 Å². The molecule has 0 saturated carbocycles. The number of ether oxygens (including phenoxy) is 1. The van der Waals surface area contributed by atoms with Gasteiger partial charge in [0.2, 0.25) is 0 Å². The van der Waals surface area contributed by atoms with Gasteiger partial charge in [-0.2, -0.15) is 0 Å². The van der Waals surface area contributed by atoms with E-state index in [-0.39, 0.29) is 5.91 Å². The molecule has 2 aromatic rings. The largest absolute Gasteiger partial charge is 0.427 e. The Labute approximate surface area is 122 Å². The molecule has 1 N–H and O–H groups in total. The third-order valence-corrected chi connectivity index (χ3v) is 2.90. The van der Waals surface area contributed by atoms with Crippen molar-refractivity contribution in [2.75, 3.05) is 5.32 Å². The zero-order valence-corrected chi connectivity index (χ0v) is 11.7. The molecule has 0 fully saturated rings. The molecule has 0 bridgehead atoms. The van der Waals surface area contributed by atoms with E-state index in [9.17, 15) is 9.59 Å². The number of anilines is 1. The topological polar surface area (TPSA) is 55.4 Å². The quantitative estimate of drug-likeness (QED) is 0.518. The summed E-state index contributed by atoms with van der Waals surface area (Å²) in [7, 11) is 0. The fourth-order valence-electron chi connectivity index (χ4n) is 1.64. The molecule has 0 unspecified atom stereocenters. The lowest BCUT2D eigenvalue weighted by molar-refractivity contribution is -0.131. The van der Waals surface area contributed by atoms with Crippen molar-refractivity contribution >= 4 is 30.2 Å². The van der Waals surface area contributed by atoms with Crippen molar-refractivity contribution in [1.29, 1.82) is 0 Å². The molecule has 0 heterocycles. The molecule has 0 aliphatic rings. The second kappa shape index (κ2) is 6.25. The van der Waals surface area contributed by atoms with Crippen LogP contribution in [-0.4, -0.2) is 11.9 Å². The average Bonchev–Trinajstić information content (AvgIpc) is 2.41. The van der Waals surface area contributed by atoms with Gasteiger partial charge in [-0.3, -0.25) is 9.59 Å². The van der Waals surface area contributed by atoms with Crippen molar-refractivity contribution in [2.24, 2.45) is 0 Å². The first-order chi connectivity index (χ1) is 9.56. The number of hydrogen-bond acceptors (Lipinski definition) is 4. The molecule has 0 aliphatic carbocycles. The smallest absolute Gasteiger partial charge is 0.308 e. The van der Waals surface area contributed by atoms with Crippen LogP contribution >= 0.6 is 12.6 Å². The summed E-state index contributed by atoms with van der Waals surface area (Å²) < 4.78 is 4.94. The molecule has 0 atom stereocenters. The number of para-hydroxylation sites is 1. The van der Waals surface area contributed by atoms with Crippen molar-refractivity contribution in [3.63, 3.8) is 0 Å². The van der Waals surface area contributed by atoms with Crippen LogP contribution in [0.25, 0.3) is 0 Å². The van der Waals surface area contributed by atoms with E-state index >= 15 is 0 Å². The van der Waals surface area contributed by atoms with E-state index < -0.39 is 5.97 Å². The highest BCUT2D eigenvalue weighted by Gasteiger charge is 2.09. The molecule has 20 heavy (non-hydrogen) atoms. The summed E-state index contributed by atoms with van der Waals surface area (Å²) in [5.41, 5.74) is 1.03. The molecular formula is C15H13NO3S. The Hall–Kier alpha value is -2.27. The lowest BCUT2D eigenvalue weighted by Gasteiger charge is -2.08. The normalized spacial score (nSPS) is 9.90. The van der Waals surface area contributed by atoms with Gasteiger partial charge in [-0.15, -0.1) is 12.6 Å². The highest BCUT2D eigenvalue weighted by molar-refractivity contribution is 7.80. The number of benzene rings is 2.